The Morgan fingerprint density at radius 2 is 2.19 bits per heavy atom. The van der Waals surface area contributed by atoms with Crippen LogP contribution in [0.4, 0.5) is 15.9 Å². The van der Waals surface area contributed by atoms with Gasteiger partial charge < -0.3 is 15.5 Å². The van der Waals surface area contributed by atoms with Crippen LogP contribution in [0.1, 0.15) is 10.4 Å². The summed E-state index contributed by atoms with van der Waals surface area (Å²) >= 11 is 5.88. The molecule has 6 nitrogen and oxygen atoms in total. The predicted octanol–water partition coefficient (Wildman–Crippen LogP) is 2.42. The first-order valence-electron chi connectivity index (χ1n) is 5.82. The number of aromatic nitrogens is 1. The maximum absolute atomic E-state index is 13.5. The van der Waals surface area contributed by atoms with E-state index in [2.05, 4.69) is 15.7 Å². The normalized spacial score (nSPS) is 10.1. The van der Waals surface area contributed by atoms with Crippen LogP contribution in [0.3, 0.4) is 0 Å². The third kappa shape index (κ3) is 3.39. The van der Waals surface area contributed by atoms with Gasteiger partial charge in [-0.2, -0.15) is 0 Å². The topological polar surface area (TPSA) is 89.3 Å². The minimum atomic E-state index is -0.575. The molecule has 8 heteroatoms. The summed E-state index contributed by atoms with van der Waals surface area (Å²) in [7, 11) is 1.36. The fourth-order valence-electron chi connectivity index (χ4n) is 1.62. The molecule has 0 saturated carbocycles. The SMILES string of the molecule is COc1ccc(NC(=O)c2cnc(NN)c(Cl)c2)cc1F. The van der Waals surface area contributed by atoms with Crippen LogP contribution in [-0.2, 0) is 0 Å². The lowest BCUT2D eigenvalue weighted by Crippen LogP contribution is -2.14. The first-order valence-corrected chi connectivity index (χ1v) is 6.20. The van der Waals surface area contributed by atoms with Crippen LogP contribution in [0.15, 0.2) is 30.5 Å². The molecule has 110 valence electrons. The molecule has 0 spiro atoms. The number of halogens is 2. The van der Waals surface area contributed by atoms with Gasteiger partial charge in [-0.05, 0) is 18.2 Å². The first-order chi connectivity index (χ1) is 10.0. The third-order valence-corrected chi connectivity index (χ3v) is 2.94. The van der Waals surface area contributed by atoms with Gasteiger partial charge >= 0.3 is 0 Å². The number of carbonyl (C=O) groups excluding carboxylic acids is 1. The molecule has 0 radical (unpaired) electrons. The van der Waals surface area contributed by atoms with Crippen molar-refractivity contribution in [3.05, 3.63) is 46.9 Å². The van der Waals surface area contributed by atoms with E-state index in [-0.39, 0.29) is 27.8 Å². The van der Waals surface area contributed by atoms with Gasteiger partial charge in [-0.25, -0.2) is 15.2 Å². The van der Waals surface area contributed by atoms with Gasteiger partial charge in [0, 0.05) is 18.0 Å². The highest BCUT2D eigenvalue weighted by molar-refractivity contribution is 6.33. The van der Waals surface area contributed by atoms with Crippen molar-refractivity contribution >= 4 is 29.0 Å². The summed E-state index contributed by atoms with van der Waals surface area (Å²) in [5.74, 6) is 4.49. The fourth-order valence-corrected chi connectivity index (χ4v) is 1.84. The Balaban J connectivity index is 2.18. The van der Waals surface area contributed by atoms with Gasteiger partial charge in [0.15, 0.2) is 17.4 Å². The van der Waals surface area contributed by atoms with Crippen molar-refractivity contribution in [3.63, 3.8) is 0 Å². The van der Waals surface area contributed by atoms with Crippen molar-refractivity contribution < 1.29 is 13.9 Å². The van der Waals surface area contributed by atoms with Crippen molar-refractivity contribution in [1.29, 1.82) is 0 Å². The zero-order valence-electron chi connectivity index (χ0n) is 11.0. The molecule has 0 aliphatic heterocycles. The zero-order chi connectivity index (χ0) is 15.4. The van der Waals surface area contributed by atoms with E-state index in [4.69, 9.17) is 22.2 Å². The van der Waals surface area contributed by atoms with Gasteiger partial charge in [-0.15, -0.1) is 0 Å². The van der Waals surface area contributed by atoms with E-state index >= 15 is 0 Å². The number of nitrogen functional groups attached to an aromatic ring is 1. The Bertz CT molecular complexity index is 681. The molecule has 4 N–H and O–H groups in total. The molecule has 0 unspecified atom stereocenters. The number of rotatable bonds is 4. The van der Waals surface area contributed by atoms with Crippen LogP contribution in [0.5, 0.6) is 5.75 Å². The number of hydrazine groups is 1. The summed E-state index contributed by atoms with van der Waals surface area (Å²) in [4.78, 5) is 15.9. The molecule has 2 rings (SSSR count). The number of carbonyl (C=O) groups is 1. The van der Waals surface area contributed by atoms with Crippen LogP contribution >= 0.6 is 11.6 Å². The van der Waals surface area contributed by atoms with Crippen molar-refractivity contribution in [2.75, 3.05) is 17.9 Å². The van der Waals surface area contributed by atoms with Crippen LogP contribution in [0.25, 0.3) is 0 Å². The highest BCUT2D eigenvalue weighted by Gasteiger charge is 2.11. The van der Waals surface area contributed by atoms with Crippen molar-refractivity contribution in [1.82, 2.24) is 4.98 Å². The molecule has 2 aromatic rings. The van der Waals surface area contributed by atoms with E-state index in [1.807, 2.05) is 0 Å². The monoisotopic (exact) mass is 310 g/mol. The van der Waals surface area contributed by atoms with E-state index in [0.29, 0.717) is 0 Å². The Labute approximate surface area is 125 Å². The summed E-state index contributed by atoms with van der Waals surface area (Å²) in [6, 6.07) is 5.49. The number of pyridine rings is 1. The van der Waals surface area contributed by atoms with E-state index in [1.54, 1.807) is 0 Å². The summed E-state index contributed by atoms with van der Waals surface area (Å²) in [6.45, 7) is 0. The average Bonchev–Trinajstić information content (AvgIpc) is 2.47. The molecule has 0 bridgehead atoms. The second-order valence-corrected chi connectivity index (χ2v) is 4.41. The summed E-state index contributed by atoms with van der Waals surface area (Å²) in [6.07, 6.45) is 1.30. The number of anilines is 2. The molecular formula is C13H12ClFN4O2. The van der Waals surface area contributed by atoms with Crippen molar-refractivity contribution in [3.8, 4) is 5.75 Å². The summed E-state index contributed by atoms with van der Waals surface area (Å²) < 4.78 is 18.3. The van der Waals surface area contributed by atoms with Gasteiger partial charge in [0.25, 0.3) is 5.91 Å². The molecule has 0 aliphatic carbocycles. The quantitative estimate of drug-likeness (QED) is 0.596. The van der Waals surface area contributed by atoms with Crippen LogP contribution < -0.4 is 21.3 Å². The Hall–Kier alpha value is -2.38. The molecule has 1 heterocycles. The first kappa shape index (κ1) is 15.0. The molecule has 1 aromatic heterocycles. The lowest BCUT2D eigenvalue weighted by Gasteiger charge is -2.08. The number of amides is 1. The molecule has 0 aliphatic rings. The molecule has 0 fully saturated rings. The van der Waals surface area contributed by atoms with Gasteiger partial charge in [0.1, 0.15) is 0 Å². The number of nitrogens with zero attached hydrogens (tertiary/aromatic N) is 1. The van der Waals surface area contributed by atoms with Gasteiger partial charge in [-0.1, -0.05) is 11.6 Å². The molecule has 1 amide bonds. The fraction of sp³-hybridized carbons (Fsp3) is 0.0769. The number of hydrogen-bond donors (Lipinski definition) is 3. The third-order valence-electron chi connectivity index (χ3n) is 2.65. The molecule has 21 heavy (non-hydrogen) atoms. The van der Waals surface area contributed by atoms with Crippen molar-refractivity contribution in [2.45, 2.75) is 0 Å². The number of nitrogens with one attached hydrogen (secondary N) is 2. The number of ether oxygens (including phenoxy) is 1. The van der Waals surface area contributed by atoms with Gasteiger partial charge in [-0.3, -0.25) is 4.79 Å². The number of nitrogens with two attached hydrogens (primary N) is 1. The van der Waals surface area contributed by atoms with Crippen molar-refractivity contribution in [2.24, 2.45) is 5.84 Å². The minimum Gasteiger partial charge on any atom is -0.494 e. The Morgan fingerprint density at radius 1 is 1.43 bits per heavy atom. The number of methoxy groups -OCH3 is 1. The van der Waals surface area contributed by atoms with E-state index < -0.39 is 11.7 Å². The van der Waals surface area contributed by atoms with Crippen LogP contribution in [0.2, 0.25) is 5.02 Å². The summed E-state index contributed by atoms with van der Waals surface area (Å²) in [5, 5.41) is 2.73. The lowest BCUT2D eigenvalue weighted by atomic mass is 10.2. The van der Waals surface area contributed by atoms with E-state index in [0.717, 1.165) is 6.07 Å². The predicted molar refractivity (Wildman–Crippen MR) is 78.0 cm³/mol. The molecule has 0 saturated heterocycles. The second-order valence-electron chi connectivity index (χ2n) is 4.00. The highest BCUT2D eigenvalue weighted by Crippen LogP contribution is 2.22. The molecule has 0 atom stereocenters. The average molecular weight is 311 g/mol. The van der Waals surface area contributed by atoms with Crippen LogP contribution in [-0.4, -0.2) is 18.0 Å². The Kier molecular flexibility index (Phi) is 4.56. The summed E-state index contributed by atoms with van der Waals surface area (Å²) in [5.41, 5.74) is 2.80. The minimum absolute atomic E-state index is 0.0936. The standard InChI is InChI=1S/C13H12ClFN4O2/c1-21-11-3-2-8(5-10(11)15)18-13(20)7-4-9(14)12(19-16)17-6-7/h2-6H,16H2,1H3,(H,17,19)(H,18,20). The molecule has 1 aromatic carbocycles. The van der Waals surface area contributed by atoms with E-state index in [9.17, 15) is 9.18 Å². The smallest absolute Gasteiger partial charge is 0.257 e. The largest absolute Gasteiger partial charge is 0.494 e. The van der Waals surface area contributed by atoms with Crippen LogP contribution in [0, 0.1) is 5.82 Å². The number of hydrogen-bond acceptors (Lipinski definition) is 5. The van der Waals surface area contributed by atoms with Gasteiger partial charge in [0.2, 0.25) is 0 Å². The highest BCUT2D eigenvalue weighted by atomic mass is 35.5. The van der Waals surface area contributed by atoms with Gasteiger partial charge in [0.05, 0.1) is 17.7 Å². The maximum atomic E-state index is 13.5. The lowest BCUT2D eigenvalue weighted by molar-refractivity contribution is 0.102. The second kappa shape index (κ2) is 6.38. The van der Waals surface area contributed by atoms with E-state index in [1.165, 1.54) is 31.5 Å². The number of benzene rings is 1. The molecular weight excluding hydrogens is 299 g/mol. The zero-order valence-corrected chi connectivity index (χ0v) is 11.7. The Morgan fingerprint density at radius 3 is 2.76 bits per heavy atom. The maximum Gasteiger partial charge on any atom is 0.257 e.